The number of allylic oxidation sites excluding steroid dienone is 10. The molecule has 1 spiro atoms. The van der Waals surface area contributed by atoms with Crippen molar-refractivity contribution in [3.05, 3.63) is 170 Å². The van der Waals surface area contributed by atoms with Crippen LogP contribution in [0.2, 0.25) is 0 Å². The highest BCUT2D eigenvalue weighted by molar-refractivity contribution is 6.06. The van der Waals surface area contributed by atoms with Gasteiger partial charge in [-0.25, -0.2) is 9.59 Å². The van der Waals surface area contributed by atoms with Crippen molar-refractivity contribution in [2.24, 2.45) is 11.8 Å². The third-order valence-electron chi connectivity index (χ3n) is 17.3. The average Bonchev–Trinajstić information content (AvgIpc) is 1.44. The van der Waals surface area contributed by atoms with Crippen molar-refractivity contribution < 1.29 is 57.7 Å². The molecule has 0 radical (unpaired) electrons. The molecule has 6 amide bonds. The number of benzene rings is 4. The summed E-state index contributed by atoms with van der Waals surface area (Å²) in [6.07, 6.45) is 14.3. The van der Waals surface area contributed by atoms with E-state index in [0.717, 1.165) is 54.6 Å². The van der Waals surface area contributed by atoms with Gasteiger partial charge in [0.25, 0.3) is 11.8 Å². The summed E-state index contributed by atoms with van der Waals surface area (Å²) in [6, 6.07) is 18.4. The predicted octanol–water partition coefficient (Wildman–Crippen LogP) is 7.98. The number of esters is 1. The van der Waals surface area contributed by atoms with Crippen molar-refractivity contribution in [3.63, 3.8) is 0 Å². The van der Waals surface area contributed by atoms with Crippen molar-refractivity contribution >= 4 is 64.6 Å². The van der Waals surface area contributed by atoms with Crippen LogP contribution >= 0.6 is 0 Å². The summed E-state index contributed by atoms with van der Waals surface area (Å²) in [5.41, 5.74) is 6.37. The minimum atomic E-state index is -1.39. The Labute approximate surface area is 512 Å². The molecule has 6 aliphatic rings. The second-order valence-electron chi connectivity index (χ2n) is 23.7. The molecule has 1 saturated heterocycles. The monoisotopic (exact) mass is 1200 g/mol. The minimum Gasteiger partial charge on any atom is -0.512 e. The summed E-state index contributed by atoms with van der Waals surface area (Å²) < 4.78 is 18.4. The number of hydrogen-bond donors (Lipinski definition) is 6. The van der Waals surface area contributed by atoms with E-state index in [1.807, 2.05) is 88.2 Å². The van der Waals surface area contributed by atoms with Crippen molar-refractivity contribution in [3.8, 4) is 11.5 Å². The van der Waals surface area contributed by atoms with Gasteiger partial charge in [0.2, 0.25) is 11.8 Å². The van der Waals surface area contributed by atoms with Gasteiger partial charge >= 0.3 is 12.0 Å². The number of carbonyl (C=O) groups excluding carboxylic acids is 8. The summed E-state index contributed by atoms with van der Waals surface area (Å²) in [7, 11) is 7.69. The average molecular weight is 1200 g/mol. The van der Waals surface area contributed by atoms with Gasteiger partial charge in [-0.05, 0) is 126 Å². The molecule has 4 aromatic rings. The van der Waals surface area contributed by atoms with Crippen LogP contribution in [0.3, 0.4) is 0 Å². The number of ether oxygens (including phenoxy) is 3. The van der Waals surface area contributed by atoms with Crippen LogP contribution in [0.1, 0.15) is 129 Å². The van der Waals surface area contributed by atoms with E-state index in [2.05, 4.69) is 26.6 Å². The fourth-order valence-electron chi connectivity index (χ4n) is 12.5. The van der Waals surface area contributed by atoms with Crippen LogP contribution in [-0.4, -0.2) is 144 Å². The number of aliphatic hydroxyl groups is 1. The highest BCUT2D eigenvalue weighted by atomic mass is 16.6. The van der Waals surface area contributed by atoms with E-state index in [1.165, 1.54) is 24.3 Å². The maximum absolute atomic E-state index is 14.5. The number of nitrogens with zero attached hydrogens (tertiary/aromatic N) is 3. The van der Waals surface area contributed by atoms with Crippen LogP contribution < -0.4 is 41.1 Å². The van der Waals surface area contributed by atoms with Gasteiger partial charge in [-0.15, -0.1) is 0 Å². The number of rotatable bonds is 19. The molecule has 3 aliphatic heterocycles. The maximum atomic E-state index is 14.5. The number of urea groups is 1. The number of hydrogen-bond acceptors (Lipinski definition) is 14. The Morgan fingerprint density at radius 3 is 2.02 bits per heavy atom. The Kier molecular flexibility index (Phi) is 18.8. The fourth-order valence-corrected chi connectivity index (χ4v) is 12.5. The highest BCUT2D eigenvalue weighted by Crippen LogP contribution is 2.57. The molecule has 1 unspecified atom stereocenters. The van der Waals surface area contributed by atoms with E-state index in [-0.39, 0.29) is 71.7 Å². The molecule has 20 nitrogen and oxygen atoms in total. The topological polar surface area (TPSA) is 254 Å². The van der Waals surface area contributed by atoms with Crippen molar-refractivity contribution in [1.82, 2.24) is 31.5 Å². The summed E-state index contributed by atoms with van der Waals surface area (Å²) in [6.45, 7) is 4.96. The number of nitrogens with one attached hydrogen (secondary N) is 5. The Bertz CT molecular complexity index is 3560. The minimum absolute atomic E-state index is 0.0567. The van der Waals surface area contributed by atoms with Crippen LogP contribution in [0.15, 0.2) is 126 Å². The first-order chi connectivity index (χ1) is 42.3. The SMILES string of the molecule is CC1=CC(=O)C=C/C1=C(/C1=CC=C(O)CC1C)c1ccc(C(=O)NCCNC(=O)[C@H](CCNC(=O)c2ccc3c(c2)C(=O)OC32c3ccc(N(C)C)cc3Oc3cc(N(C)C)ccc32)NC(=O)[C@H](CC2CCCCC2)NC(=O)N2CCOCC2)cc1C=O. The summed E-state index contributed by atoms with van der Waals surface area (Å²) in [5.74, 6) is -1.79. The van der Waals surface area contributed by atoms with Crippen molar-refractivity contribution in [2.45, 2.75) is 82.9 Å². The molecule has 0 aromatic heterocycles. The third-order valence-corrected chi connectivity index (χ3v) is 17.3. The first kappa shape index (κ1) is 61.8. The second-order valence-corrected chi connectivity index (χ2v) is 23.7. The van der Waals surface area contributed by atoms with Crippen LogP contribution in [0, 0.1) is 11.8 Å². The van der Waals surface area contributed by atoms with Gasteiger partial charge in [0.05, 0.1) is 24.5 Å². The first-order valence-electron chi connectivity index (χ1n) is 30.1. The van der Waals surface area contributed by atoms with Gasteiger partial charge in [0, 0.05) is 124 Å². The Hall–Kier alpha value is -9.30. The highest BCUT2D eigenvalue weighted by Gasteiger charge is 2.54. The number of aldehydes is 1. The van der Waals surface area contributed by atoms with E-state index in [1.54, 1.807) is 47.4 Å². The quantitative estimate of drug-likeness (QED) is 0.0296. The number of morpholine rings is 1. The van der Waals surface area contributed by atoms with E-state index in [0.29, 0.717) is 90.3 Å². The molecule has 3 aliphatic carbocycles. The lowest BCUT2D eigenvalue weighted by Gasteiger charge is -2.37. The molecule has 88 heavy (non-hydrogen) atoms. The van der Waals surface area contributed by atoms with Crippen molar-refractivity contribution in [2.75, 3.05) is 83.9 Å². The van der Waals surface area contributed by atoms with Crippen LogP contribution in [0.25, 0.3) is 5.57 Å². The standard InChI is InChI=1S/C68H76N8O12/c1-40-32-48(78)16-19-50(40)61(51-20-17-49(79)33-41(51)2)52-18-12-43(35-45(52)39-77)62(80)70-26-27-71-64(82)57(72-65(83)58(34-42-10-8-7-9-11-42)73-67(85)76-28-30-86-31-29-76)24-25-69-63(81)44-13-21-54-53(36-44)66(84)88-68(54)55-22-14-46(74(3)4)37-59(55)87-60-38-47(75(5)6)15-23-56(60)68/h12-23,32,35-39,41-42,57-58,79H,7-11,24-31,33-34H2,1-6H3,(H,69,81)(H,70,80)(H,71,82)(H,72,83)(H,73,85)/b61-50+/t41?,57-,58-/m0/s1. The van der Waals surface area contributed by atoms with E-state index < -0.39 is 53.3 Å². The molecule has 20 heteroatoms. The van der Waals surface area contributed by atoms with E-state index in [9.17, 15) is 43.5 Å². The Balaban J connectivity index is 0.856. The second kappa shape index (κ2) is 26.8. The zero-order valence-corrected chi connectivity index (χ0v) is 50.6. The van der Waals surface area contributed by atoms with E-state index in [4.69, 9.17) is 14.2 Å². The molecule has 1 saturated carbocycles. The van der Waals surface area contributed by atoms with E-state index >= 15 is 0 Å². The Morgan fingerprint density at radius 1 is 0.739 bits per heavy atom. The maximum Gasteiger partial charge on any atom is 0.340 e. The predicted molar refractivity (Wildman–Crippen MR) is 333 cm³/mol. The van der Waals surface area contributed by atoms with Gasteiger partial charge in [0.15, 0.2) is 17.7 Å². The molecule has 460 valence electrons. The zero-order chi connectivity index (χ0) is 62.4. The number of fused-ring (bicyclic) bond motifs is 6. The molecular formula is C68H76N8O12. The summed E-state index contributed by atoms with van der Waals surface area (Å²) in [5, 5.41) is 24.7. The molecule has 3 atom stereocenters. The van der Waals surface area contributed by atoms with Gasteiger partial charge in [-0.2, -0.15) is 0 Å². The van der Waals surface area contributed by atoms with Crippen molar-refractivity contribution in [1.29, 1.82) is 0 Å². The molecular weight excluding hydrogens is 1120 g/mol. The summed E-state index contributed by atoms with van der Waals surface area (Å²) in [4.78, 5) is 115. The summed E-state index contributed by atoms with van der Waals surface area (Å²) >= 11 is 0. The lowest BCUT2D eigenvalue weighted by Crippen LogP contribution is -2.57. The normalized spacial score (nSPS) is 18.7. The third kappa shape index (κ3) is 13.2. The number of ketones is 1. The number of amides is 6. The van der Waals surface area contributed by atoms with Crippen LogP contribution in [0.4, 0.5) is 16.2 Å². The zero-order valence-electron chi connectivity index (χ0n) is 50.6. The number of anilines is 2. The molecule has 3 heterocycles. The van der Waals surface area contributed by atoms with Gasteiger partial charge in [0.1, 0.15) is 23.6 Å². The molecule has 0 bridgehead atoms. The van der Waals surface area contributed by atoms with Gasteiger partial charge in [-0.1, -0.05) is 63.3 Å². The van der Waals surface area contributed by atoms with Gasteiger partial charge in [-0.3, -0.25) is 28.8 Å². The molecule has 6 N–H and O–H groups in total. The largest absolute Gasteiger partial charge is 0.512 e. The Morgan fingerprint density at radius 2 is 1.38 bits per heavy atom. The fraction of sp³-hybridized carbons (Fsp3) is 0.382. The number of carbonyl (C=O) groups is 8. The van der Waals surface area contributed by atoms with Gasteiger partial charge < -0.3 is 60.6 Å². The number of aliphatic hydroxyl groups excluding tert-OH is 1. The first-order valence-corrected chi connectivity index (χ1v) is 30.1. The van der Waals surface area contributed by atoms with Crippen LogP contribution in [-0.2, 0) is 29.5 Å². The molecule has 10 rings (SSSR count). The lowest BCUT2D eigenvalue weighted by molar-refractivity contribution is -0.130. The molecule has 2 fully saturated rings. The van der Waals surface area contributed by atoms with Crippen LogP contribution in [0.5, 0.6) is 11.5 Å². The molecule has 4 aromatic carbocycles. The lowest BCUT2D eigenvalue weighted by atomic mass is 9.77. The smallest absolute Gasteiger partial charge is 0.340 e.